The lowest BCUT2D eigenvalue weighted by Crippen LogP contribution is -2.45. The van der Waals surface area contributed by atoms with Gasteiger partial charge in [0, 0.05) is 57.4 Å². The summed E-state index contributed by atoms with van der Waals surface area (Å²) in [6.07, 6.45) is 0. The van der Waals surface area contributed by atoms with Gasteiger partial charge < -0.3 is 15.5 Å². The molecule has 1 aromatic carbocycles. The first-order valence-electron chi connectivity index (χ1n) is 9.08. The highest BCUT2D eigenvalue weighted by Crippen LogP contribution is 2.21. The third-order valence-electron chi connectivity index (χ3n) is 4.46. The Bertz CT molecular complexity index is 652. The zero-order valence-electron chi connectivity index (χ0n) is 15.2. The topological polar surface area (TPSA) is 56.3 Å². The van der Waals surface area contributed by atoms with E-state index in [0.717, 1.165) is 62.9 Å². The molecule has 2 aromatic rings. The number of benzene rings is 1. The molecule has 2 N–H and O–H groups in total. The summed E-state index contributed by atoms with van der Waals surface area (Å²) in [7, 11) is 2.18. The van der Waals surface area contributed by atoms with Crippen molar-refractivity contribution in [2.45, 2.75) is 6.92 Å². The van der Waals surface area contributed by atoms with Crippen molar-refractivity contribution in [1.29, 1.82) is 0 Å². The number of piperazine rings is 1. The molecule has 6 heteroatoms. The molecule has 0 amide bonds. The number of likely N-dealkylation sites (N-methyl/N-ethyl adjacent to an activating group) is 1. The monoisotopic (exact) mass is 340 g/mol. The normalized spacial score (nSPS) is 15.9. The van der Waals surface area contributed by atoms with Crippen molar-refractivity contribution in [1.82, 2.24) is 19.8 Å². The average Bonchev–Trinajstić information content (AvgIpc) is 2.64. The maximum Gasteiger partial charge on any atom is 0.225 e. The minimum absolute atomic E-state index is 0.672. The molecule has 25 heavy (non-hydrogen) atoms. The van der Waals surface area contributed by atoms with Gasteiger partial charge in [0.15, 0.2) is 0 Å². The van der Waals surface area contributed by atoms with Crippen LogP contribution in [0.15, 0.2) is 36.4 Å². The Kier molecular flexibility index (Phi) is 6.19. The fourth-order valence-corrected chi connectivity index (χ4v) is 2.95. The van der Waals surface area contributed by atoms with Crippen molar-refractivity contribution < 1.29 is 0 Å². The Morgan fingerprint density at radius 2 is 1.76 bits per heavy atom. The quantitative estimate of drug-likeness (QED) is 0.806. The van der Waals surface area contributed by atoms with Gasteiger partial charge in [-0.25, -0.2) is 4.98 Å². The van der Waals surface area contributed by atoms with Gasteiger partial charge in [-0.15, -0.1) is 0 Å². The molecule has 1 aliphatic heterocycles. The summed E-state index contributed by atoms with van der Waals surface area (Å²) >= 11 is 0. The third kappa shape index (κ3) is 5.14. The van der Waals surface area contributed by atoms with Gasteiger partial charge in [0.1, 0.15) is 5.82 Å². The van der Waals surface area contributed by atoms with Gasteiger partial charge in [-0.05, 0) is 14.0 Å². The Morgan fingerprint density at radius 1 is 1.00 bits per heavy atom. The van der Waals surface area contributed by atoms with Crippen molar-refractivity contribution >= 4 is 11.8 Å². The average molecular weight is 340 g/mol. The van der Waals surface area contributed by atoms with Crippen LogP contribution in [0, 0.1) is 0 Å². The first-order valence-corrected chi connectivity index (χ1v) is 9.08. The molecule has 3 rings (SSSR count). The van der Waals surface area contributed by atoms with E-state index >= 15 is 0 Å². The van der Waals surface area contributed by atoms with E-state index in [0.29, 0.717) is 5.95 Å². The molecule has 0 bridgehead atoms. The molecule has 2 heterocycles. The van der Waals surface area contributed by atoms with E-state index in [1.807, 2.05) is 24.3 Å². The van der Waals surface area contributed by atoms with Gasteiger partial charge in [-0.1, -0.05) is 30.3 Å². The summed E-state index contributed by atoms with van der Waals surface area (Å²) in [6, 6.07) is 12.3. The second-order valence-electron chi connectivity index (χ2n) is 6.43. The van der Waals surface area contributed by atoms with E-state index in [1.165, 1.54) is 0 Å². The zero-order valence-corrected chi connectivity index (χ0v) is 15.2. The molecule has 0 saturated carbocycles. The lowest BCUT2D eigenvalue weighted by atomic mass is 10.1. The number of nitrogens with zero attached hydrogens (tertiary/aromatic N) is 4. The van der Waals surface area contributed by atoms with Crippen LogP contribution in [0.4, 0.5) is 11.8 Å². The second kappa shape index (κ2) is 8.78. The summed E-state index contributed by atoms with van der Waals surface area (Å²) in [5.41, 5.74) is 2.04. The van der Waals surface area contributed by atoms with E-state index in [4.69, 9.17) is 0 Å². The lowest BCUT2D eigenvalue weighted by molar-refractivity contribution is 0.158. The van der Waals surface area contributed by atoms with E-state index in [1.54, 1.807) is 0 Å². The van der Waals surface area contributed by atoms with Crippen LogP contribution < -0.4 is 10.6 Å². The Labute approximate surface area is 150 Å². The van der Waals surface area contributed by atoms with Crippen LogP contribution in [-0.2, 0) is 0 Å². The van der Waals surface area contributed by atoms with Crippen molar-refractivity contribution in [3.05, 3.63) is 36.4 Å². The van der Waals surface area contributed by atoms with Gasteiger partial charge in [-0.2, -0.15) is 4.98 Å². The molecule has 0 aliphatic carbocycles. The summed E-state index contributed by atoms with van der Waals surface area (Å²) in [5, 5.41) is 6.69. The highest BCUT2D eigenvalue weighted by atomic mass is 15.3. The molecule has 6 nitrogen and oxygen atoms in total. The fraction of sp³-hybridized carbons (Fsp3) is 0.474. The van der Waals surface area contributed by atoms with Crippen LogP contribution in [0.25, 0.3) is 11.3 Å². The van der Waals surface area contributed by atoms with Crippen molar-refractivity contribution in [2.24, 2.45) is 0 Å². The Balaban J connectivity index is 1.64. The van der Waals surface area contributed by atoms with Crippen LogP contribution in [0.1, 0.15) is 6.92 Å². The van der Waals surface area contributed by atoms with Gasteiger partial charge in [0.2, 0.25) is 5.95 Å². The summed E-state index contributed by atoms with van der Waals surface area (Å²) in [5.74, 6) is 1.55. The molecule has 0 spiro atoms. The molecule has 0 atom stereocenters. The molecule has 1 aromatic heterocycles. The van der Waals surface area contributed by atoms with E-state index in [-0.39, 0.29) is 0 Å². The van der Waals surface area contributed by atoms with Crippen LogP contribution >= 0.6 is 0 Å². The van der Waals surface area contributed by atoms with E-state index in [9.17, 15) is 0 Å². The molecule has 0 radical (unpaired) electrons. The summed E-state index contributed by atoms with van der Waals surface area (Å²) in [4.78, 5) is 14.1. The maximum atomic E-state index is 4.62. The van der Waals surface area contributed by atoms with E-state index in [2.05, 4.69) is 56.5 Å². The number of hydrogen-bond donors (Lipinski definition) is 2. The number of nitrogens with one attached hydrogen (secondary N) is 2. The lowest BCUT2D eigenvalue weighted by Gasteiger charge is -2.32. The van der Waals surface area contributed by atoms with Gasteiger partial charge in [0.05, 0.1) is 5.69 Å². The van der Waals surface area contributed by atoms with Crippen LogP contribution in [0.3, 0.4) is 0 Å². The van der Waals surface area contributed by atoms with Crippen molar-refractivity contribution in [2.75, 3.05) is 63.5 Å². The predicted molar refractivity (Wildman–Crippen MR) is 104 cm³/mol. The smallest absolute Gasteiger partial charge is 0.225 e. The molecular formula is C19H28N6. The molecule has 1 fully saturated rings. The Morgan fingerprint density at radius 3 is 2.48 bits per heavy atom. The standard InChI is InChI=1S/C19H28N6/c1-3-20-19-22-17(16-7-5-4-6-8-16)15-18(23-19)21-9-10-25-13-11-24(2)12-14-25/h4-8,15H,3,9-14H2,1-2H3,(H2,20,21,22,23). The molecule has 0 unspecified atom stereocenters. The zero-order chi connectivity index (χ0) is 17.5. The van der Waals surface area contributed by atoms with E-state index < -0.39 is 0 Å². The molecule has 1 saturated heterocycles. The number of rotatable bonds is 7. The van der Waals surface area contributed by atoms with Crippen molar-refractivity contribution in [3.63, 3.8) is 0 Å². The van der Waals surface area contributed by atoms with Crippen molar-refractivity contribution in [3.8, 4) is 11.3 Å². The van der Waals surface area contributed by atoms with Gasteiger partial charge in [-0.3, -0.25) is 4.90 Å². The molecule has 1 aliphatic rings. The third-order valence-corrected chi connectivity index (χ3v) is 4.46. The van der Waals surface area contributed by atoms with Crippen LogP contribution in [-0.4, -0.2) is 72.6 Å². The number of hydrogen-bond acceptors (Lipinski definition) is 6. The highest BCUT2D eigenvalue weighted by molar-refractivity contribution is 5.64. The predicted octanol–water partition coefficient (Wildman–Crippen LogP) is 2.23. The maximum absolute atomic E-state index is 4.62. The fourth-order valence-electron chi connectivity index (χ4n) is 2.95. The minimum atomic E-state index is 0.672. The number of anilines is 2. The van der Waals surface area contributed by atoms with Crippen LogP contribution in [0.5, 0.6) is 0 Å². The Hall–Kier alpha value is -2.18. The van der Waals surface area contributed by atoms with Gasteiger partial charge in [0.25, 0.3) is 0 Å². The second-order valence-corrected chi connectivity index (χ2v) is 6.43. The SMILES string of the molecule is CCNc1nc(NCCN2CCN(C)CC2)cc(-c2ccccc2)n1. The largest absolute Gasteiger partial charge is 0.369 e. The highest BCUT2D eigenvalue weighted by Gasteiger charge is 2.13. The first kappa shape index (κ1) is 17.6. The number of aromatic nitrogens is 2. The summed E-state index contributed by atoms with van der Waals surface area (Å²) in [6.45, 7) is 9.36. The summed E-state index contributed by atoms with van der Waals surface area (Å²) < 4.78 is 0. The first-order chi connectivity index (χ1) is 12.2. The molecule has 134 valence electrons. The molecular weight excluding hydrogens is 312 g/mol. The van der Waals surface area contributed by atoms with Crippen LogP contribution in [0.2, 0.25) is 0 Å². The van der Waals surface area contributed by atoms with Gasteiger partial charge >= 0.3 is 0 Å². The minimum Gasteiger partial charge on any atom is -0.369 e.